The van der Waals surface area contributed by atoms with E-state index in [-0.39, 0.29) is 5.41 Å². The molecule has 1 aromatic heterocycles. The van der Waals surface area contributed by atoms with E-state index in [4.69, 9.17) is 5.10 Å². The fourth-order valence-electron chi connectivity index (χ4n) is 2.28. The molecular formula is C16H20Br2N2. The molecule has 0 spiro atoms. The van der Waals surface area contributed by atoms with Gasteiger partial charge in [0.2, 0.25) is 0 Å². The van der Waals surface area contributed by atoms with Gasteiger partial charge in [-0.25, -0.2) is 0 Å². The molecule has 0 fully saturated rings. The van der Waals surface area contributed by atoms with Gasteiger partial charge >= 0.3 is 0 Å². The van der Waals surface area contributed by atoms with Gasteiger partial charge in [0.15, 0.2) is 0 Å². The molecule has 20 heavy (non-hydrogen) atoms. The Kier molecular flexibility index (Phi) is 5.44. The Bertz CT molecular complexity index is 530. The van der Waals surface area contributed by atoms with Crippen LogP contribution in [0, 0.1) is 0 Å². The van der Waals surface area contributed by atoms with Crippen molar-refractivity contribution in [2.75, 3.05) is 10.7 Å². The van der Waals surface area contributed by atoms with E-state index < -0.39 is 0 Å². The van der Waals surface area contributed by atoms with Gasteiger partial charge in [0.1, 0.15) is 0 Å². The minimum absolute atomic E-state index is 0.0391. The minimum Gasteiger partial charge on any atom is -0.270 e. The van der Waals surface area contributed by atoms with Gasteiger partial charge in [0.05, 0.1) is 5.69 Å². The number of rotatable bonds is 6. The van der Waals surface area contributed by atoms with Crippen molar-refractivity contribution in [2.45, 2.75) is 31.7 Å². The fraction of sp³-hybridized carbons (Fsp3) is 0.438. The van der Waals surface area contributed by atoms with E-state index in [0.29, 0.717) is 6.04 Å². The Morgan fingerprint density at radius 2 is 1.75 bits per heavy atom. The van der Waals surface area contributed by atoms with Gasteiger partial charge in [0, 0.05) is 34.7 Å². The molecule has 0 amide bonds. The second kappa shape index (κ2) is 6.90. The van der Waals surface area contributed by atoms with Crippen LogP contribution in [0.3, 0.4) is 0 Å². The zero-order valence-corrected chi connectivity index (χ0v) is 15.1. The first-order chi connectivity index (χ1) is 9.61. The Balaban J connectivity index is 2.29. The number of hydrogen-bond donors (Lipinski definition) is 0. The number of hydrogen-bond acceptors (Lipinski definition) is 1. The van der Waals surface area contributed by atoms with E-state index in [9.17, 15) is 0 Å². The van der Waals surface area contributed by atoms with E-state index in [1.54, 1.807) is 0 Å². The maximum Gasteiger partial charge on any atom is 0.0634 e. The zero-order valence-electron chi connectivity index (χ0n) is 11.9. The summed E-state index contributed by atoms with van der Waals surface area (Å²) < 4.78 is 2.02. The summed E-state index contributed by atoms with van der Waals surface area (Å²) in [6, 6.07) is 13.2. The normalized spacial score (nSPS) is 12.1. The number of aromatic nitrogens is 2. The van der Waals surface area contributed by atoms with Crippen LogP contribution in [-0.2, 0) is 11.8 Å². The fourth-order valence-corrected chi connectivity index (χ4v) is 4.26. The third-order valence-electron chi connectivity index (χ3n) is 3.61. The third-order valence-corrected chi connectivity index (χ3v) is 5.76. The second-order valence-electron chi connectivity index (χ2n) is 5.47. The van der Waals surface area contributed by atoms with Crippen LogP contribution in [0.4, 0.5) is 0 Å². The van der Waals surface area contributed by atoms with Crippen LogP contribution in [0.1, 0.15) is 31.1 Å². The third kappa shape index (κ3) is 3.34. The Morgan fingerprint density at radius 1 is 1.10 bits per heavy atom. The summed E-state index contributed by atoms with van der Waals surface area (Å²) in [6.07, 6.45) is 2.99. The monoisotopic (exact) mass is 398 g/mol. The molecular weight excluding hydrogens is 380 g/mol. The van der Waals surface area contributed by atoms with E-state index in [1.165, 1.54) is 5.56 Å². The molecule has 0 radical (unpaired) electrons. The van der Waals surface area contributed by atoms with Crippen LogP contribution in [0.25, 0.3) is 0 Å². The SMILES string of the molecule is CC(C)n1ccc(CC(CBr)(CBr)c2ccccc2)n1. The minimum atomic E-state index is 0.0391. The number of nitrogens with zero attached hydrogens (tertiary/aromatic N) is 2. The van der Waals surface area contributed by atoms with Crippen molar-refractivity contribution < 1.29 is 0 Å². The average molecular weight is 400 g/mol. The maximum absolute atomic E-state index is 4.69. The summed E-state index contributed by atoms with van der Waals surface area (Å²) in [6.45, 7) is 4.30. The summed E-state index contributed by atoms with van der Waals surface area (Å²) in [5.74, 6) is 0. The molecule has 0 aliphatic heterocycles. The van der Waals surface area contributed by atoms with Crippen molar-refractivity contribution in [3.63, 3.8) is 0 Å². The molecule has 0 unspecified atom stereocenters. The van der Waals surface area contributed by atoms with E-state index in [1.807, 2.05) is 4.68 Å². The lowest BCUT2D eigenvalue weighted by Crippen LogP contribution is -2.33. The highest BCUT2D eigenvalue weighted by Gasteiger charge is 2.31. The van der Waals surface area contributed by atoms with Crippen molar-refractivity contribution in [3.8, 4) is 0 Å². The molecule has 0 aliphatic rings. The second-order valence-corrected chi connectivity index (χ2v) is 6.59. The molecule has 0 saturated carbocycles. The molecule has 1 heterocycles. The molecule has 0 N–H and O–H groups in total. The van der Waals surface area contributed by atoms with Crippen molar-refractivity contribution in [2.24, 2.45) is 0 Å². The van der Waals surface area contributed by atoms with Crippen molar-refractivity contribution in [1.29, 1.82) is 0 Å². The van der Waals surface area contributed by atoms with Crippen molar-refractivity contribution in [1.82, 2.24) is 9.78 Å². The zero-order chi connectivity index (χ0) is 14.6. The molecule has 2 aromatic rings. The highest BCUT2D eigenvalue weighted by Crippen LogP contribution is 2.32. The van der Waals surface area contributed by atoms with Crippen LogP contribution in [0.15, 0.2) is 42.6 Å². The number of alkyl halides is 2. The molecule has 4 heteroatoms. The highest BCUT2D eigenvalue weighted by molar-refractivity contribution is 9.09. The van der Waals surface area contributed by atoms with E-state index in [0.717, 1.165) is 22.8 Å². The molecule has 0 saturated heterocycles. The van der Waals surface area contributed by atoms with Crippen LogP contribution < -0.4 is 0 Å². The topological polar surface area (TPSA) is 17.8 Å². The first kappa shape index (κ1) is 15.8. The first-order valence-electron chi connectivity index (χ1n) is 6.83. The standard InChI is InChI=1S/C16H20Br2N2/c1-13(2)20-9-8-15(19-20)10-16(11-17,12-18)14-6-4-3-5-7-14/h3-9,13H,10-12H2,1-2H3. The molecule has 2 rings (SSSR count). The maximum atomic E-state index is 4.69. The van der Waals surface area contributed by atoms with Gasteiger partial charge in [0.25, 0.3) is 0 Å². The van der Waals surface area contributed by atoms with Gasteiger partial charge < -0.3 is 0 Å². The summed E-state index contributed by atoms with van der Waals surface area (Å²) in [5, 5.41) is 6.50. The predicted octanol–water partition coefficient (Wildman–Crippen LogP) is 4.73. The molecule has 0 aliphatic carbocycles. The van der Waals surface area contributed by atoms with Crippen LogP contribution >= 0.6 is 31.9 Å². The molecule has 108 valence electrons. The highest BCUT2D eigenvalue weighted by atomic mass is 79.9. The average Bonchev–Trinajstić information content (AvgIpc) is 2.94. The van der Waals surface area contributed by atoms with Gasteiger partial charge in [-0.15, -0.1) is 0 Å². The summed E-state index contributed by atoms with van der Waals surface area (Å²) in [5.41, 5.74) is 2.52. The molecule has 0 atom stereocenters. The van der Waals surface area contributed by atoms with Crippen LogP contribution in [0.2, 0.25) is 0 Å². The summed E-state index contributed by atoms with van der Waals surface area (Å²) in [7, 11) is 0. The van der Waals surface area contributed by atoms with Crippen molar-refractivity contribution >= 4 is 31.9 Å². The van der Waals surface area contributed by atoms with Gasteiger partial charge in [-0.2, -0.15) is 5.10 Å². The molecule has 1 aromatic carbocycles. The Labute approximate surface area is 137 Å². The lowest BCUT2D eigenvalue weighted by atomic mass is 9.80. The first-order valence-corrected chi connectivity index (χ1v) is 9.07. The van der Waals surface area contributed by atoms with Crippen molar-refractivity contribution in [3.05, 3.63) is 53.9 Å². The lowest BCUT2D eigenvalue weighted by Gasteiger charge is -2.30. The number of halogens is 2. The summed E-state index contributed by atoms with van der Waals surface area (Å²) >= 11 is 7.40. The van der Waals surface area contributed by atoms with Gasteiger partial charge in [-0.05, 0) is 25.5 Å². The Hall–Kier alpha value is -0.610. The molecule has 0 bridgehead atoms. The largest absolute Gasteiger partial charge is 0.270 e. The van der Waals surface area contributed by atoms with Crippen LogP contribution in [-0.4, -0.2) is 20.4 Å². The lowest BCUT2D eigenvalue weighted by molar-refractivity contribution is 0.502. The van der Waals surface area contributed by atoms with E-state index in [2.05, 4.69) is 88.3 Å². The number of benzene rings is 1. The molecule has 2 nitrogen and oxygen atoms in total. The van der Waals surface area contributed by atoms with Gasteiger partial charge in [-0.3, -0.25) is 4.68 Å². The van der Waals surface area contributed by atoms with Gasteiger partial charge in [-0.1, -0.05) is 62.2 Å². The van der Waals surface area contributed by atoms with Crippen LogP contribution in [0.5, 0.6) is 0 Å². The summed E-state index contributed by atoms with van der Waals surface area (Å²) in [4.78, 5) is 0. The smallest absolute Gasteiger partial charge is 0.0634 e. The quantitative estimate of drug-likeness (QED) is 0.641. The predicted molar refractivity (Wildman–Crippen MR) is 92.0 cm³/mol. The Morgan fingerprint density at radius 3 is 2.25 bits per heavy atom. The van der Waals surface area contributed by atoms with E-state index >= 15 is 0 Å².